The van der Waals surface area contributed by atoms with E-state index in [-0.39, 0.29) is 0 Å². The van der Waals surface area contributed by atoms with Gasteiger partial charge in [-0.2, -0.15) is 15.3 Å². The number of benzene rings is 3. The second kappa shape index (κ2) is 8.56. The fourth-order valence-electron chi connectivity index (χ4n) is 2.32. The zero-order chi connectivity index (χ0) is 19.2. The van der Waals surface area contributed by atoms with Crippen molar-refractivity contribution in [1.82, 2.24) is 0 Å². The van der Waals surface area contributed by atoms with Gasteiger partial charge in [0, 0.05) is 19.8 Å². The van der Waals surface area contributed by atoms with Gasteiger partial charge in [0.25, 0.3) is 0 Å². The fourth-order valence-corrected chi connectivity index (χ4v) is 2.60. The van der Waals surface area contributed by atoms with E-state index in [1.165, 1.54) is 0 Å². The molecule has 0 atom stereocenters. The Morgan fingerprint density at radius 1 is 0.667 bits per heavy atom. The first kappa shape index (κ1) is 18.7. The number of halogens is 1. The summed E-state index contributed by atoms with van der Waals surface area (Å²) in [5.74, 6) is 0. The third-order valence-corrected chi connectivity index (χ3v) is 4.18. The van der Waals surface area contributed by atoms with Gasteiger partial charge in [-0.3, -0.25) is 0 Å². The lowest BCUT2D eigenvalue weighted by Crippen LogP contribution is -2.07. The van der Waals surface area contributed by atoms with E-state index < -0.39 is 0 Å². The Hall–Kier alpha value is -3.05. The first-order chi connectivity index (χ1) is 13.0. The van der Waals surface area contributed by atoms with E-state index in [1.54, 1.807) is 0 Å². The van der Waals surface area contributed by atoms with E-state index in [0.717, 1.165) is 28.3 Å². The summed E-state index contributed by atoms with van der Waals surface area (Å²) in [5, 5.41) is 17.5. The highest BCUT2D eigenvalue weighted by Crippen LogP contribution is 2.28. The maximum atomic E-state index is 6.16. The number of anilines is 1. The topological polar surface area (TPSA) is 52.7 Å². The second-order valence-electron chi connectivity index (χ2n) is 6.28. The molecule has 0 saturated heterocycles. The van der Waals surface area contributed by atoms with Crippen LogP contribution in [0.25, 0.3) is 0 Å². The lowest BCUT2D eigenvalue weighted by Gasteiger charge is -2.11. The summed E-state index contributed by atoms with van der Waals surface area (Å²) >= 11 is 6.16. The zero-order valence-electron chi connectivity index (χ0n) is 15.5. The molecule has 0 fully saturated rings. The monoisotopic (exact) mass is 377 g/mol. The van der Waals surface area contributed by atoms with Gasteiger partial charge in [0.05, 0.1) is 22.1 Å². The minimum Gasteiger partial charge on any atom is -0.378 e. The molecule has 0 spiro atoms. The van der Waals surface area contributed by atoms with Crippen molar-refractivity contribution in [2.24, 2.45) is 20.5 Å². The molecule has 6 heteroatoms. The molecular weight excluding hydrogens is 358 g/mol. The van der Waals surface area contributed by atoms with Crippen LogP contribution >= 0.6 is 11.6 Å². The van der Waals surface area contributed by atoms with Crippen LogP contribution in [0.1, 0.15) is 5.56 Å². The van der Waals surface area contributed by atoms with Crippen LogP contribution in [-0.2, 0) is 0 Å². The van der Waals surface area contributed by atoms with Crippen molar-refractivity contribution in [2.45, 2.75) is 6.92 Å². The number of azo groups is 2. The highest BCUT2D eigenvalue weighted by atomic mass is 35.5. The van der Waals surface area contributed by atoms with Gasteiger partial charge in [-0.05, 0) is 73.2 Å². The lowest BCUT2D eigenvalue weighted by atomic mass is 10.2. The van der Waals surface area contributed by atoms with Gasteiger partial charge in [0.15, 0.2) is 0 Å². The molecule has 136 valence electrons. The average molecular weight is 378 g/mol. The van der Waals surface area contributed by atoms with Crippen LogP contribution in [0, 0.1) is 6.92 Å². The van der Waals surface area contributed by atoms with Crippen LogP contribution in [0.5, 0.6) is 0 Å². The summed E-state index contributed by atoms with van der Waals surface area (Å²) in [6.45, 7) is 1.98. The van der Waals surface area contributed by atoms with Gasteiger partial charge in [0.2, 0.25) is 0 Å². The van der Waals surface area contributed by atoms with E-state index in [0.29, 0.717) is 10.7 Å². The van der Waals surface area contributed by atoms with Crippen LogP contribution < -0.4 is 4.90 Å². The Morgan fingerprint density at radius 3 is 1.63 bits per heavy atom. The van der Waals surface area contributed by atoms with Crippen molar-refractivity contribution >= 4 is 40.0 Å². The molecule has 3 rings (SSSR count). The summed E-state index contributed by atoms with van der Waals surface area (Å²) in [6.07, 6.45) is 0. The van der Waals surface area contributed by atoms with Gasteiger partial charge in [0.1, 0.15) is 5.69 Å². The van der Waals surface area contributed by atoms with Crippen molar-refractivity contribution in [3.8, 4) is 0 Å². The van der Waals surface area contributed by atoms with Crippen molar-refractivity contribution in [1.29, 1.82) is 0 Å². The molecule has 0 unspecified atom stereocenters. The van der Waals surface area contributed by atoms with Gasteiger partial charge < -0.3 is 4.90 Å². The van der Waals surface area contributed by atoms with Gasteiger partial charge in [-0.1, -0.05) is 17.7 Å². The number of hydrogen-bond acceptors (Lipinski definition) is 5. The summed E-state index contributed by atoms with van der Waals surface area (Å²) < 4.78 is 0. The molecular formula is C21H20ClN5. The SMILES string of the molecule is Cc1ccc(N=Nc2ccc(N=Nc3ccc(N(C)C)cc3)cc2)c(Cl)c1. The third kappa shape index (κ3) is 5.21. The summed E-state index contributed by atoms with van der Waals surface area (Å²) in [7, 11) is 4.00. The highest BCUT2D eigenvalue weighted by Gasteiger charge is 1.99. The molecule has 0 heterocycles. The molecule has 0 radical (unpaired) electrons. The number of hydrogen-bond donors (Lipinski definition) is 0. The largest absolute Gasteiger partial charge is 0.378 e. The van der Waals surface area contributed by atoms with Crippen LogP contribution in [0.2, 0.25) is 5.02 Å². The van der Waals surface area contributed by atoms with Crippen molar-refractivity contribution in [3.05, 3.63) is 77.3 Å². The smallest absolute Gasteiger partial charge is 0.104 e. The molecule has 3 aromatic carbocycles. The average Bonchev–Trinajstić information content (AvgIpc) is 2.67. The Bertz CT molecular complexity index is 961. The molecule has 0 saturated carbocycles. The summed E-state index contributed by atoms with van der Waals surface area (Å²) in [5.41, 5.74) is 5.13. The number of rotatable bonds is 5. The van der Waals surface area contributed by atoms with E-state index in [4.69, 9.17) is 11.6 Å². The van der Waals surface area contributed by atoms with Crippen LogP contribution in [-0.4, -0.2) is 14.1 Å². The predicted octanol–water partition coefficient (Wildman–Crippen LogP) is 7.55. The molecule has 27 heavy (non-hydrogen) atoms. The molecule has 0 aliphatic carbocycles. The lowest BCUT2D eigenvalue weighted by molar-refractivity contribution is 1.13. The van der Waals surface area contributed by atoms with Crippen LogP contribution in [0.15, 0.2) is 87.2 Å². The fraction of sp³-hybridized carbons (Fsp3) is 0.143. The standard InChI is InChI=1S/C21H20ClN5/c1-15-4-13-21(20(22)14-15)26-25-17-7-5-16(6-8-17)23-24-18-9-11-19(12-10-18)27(2)3/h4-14H,1-3H3. The Kier molecular flexibility index (Phi) is 5.94. The number of nitrogens with zero attached hydrogens (tertiary/aromatic N) is 5. The maximum absolute atomic E-state index is 6.16. The molecule has 0 aliphatic heterocycles. The van der Waals surface area contributed by atoms with Crippen molar-refractivity contribution < 1.29 is 0 Å². The van der Waals surface area contributed by atoms with Gasteiger partial charge in [-0.15, -0.1) is 5.11 Å². The quantitative estimate of drug-likeness (QED) is 0.423. The number of aryl methyl sites for hydroxylation is 1. The predicted molar refractivity (Wildman–Crippen MR) is 112 cm³/mol. The maximum Gasteiger partial charge on any atom is 0.104 e. The van der Waals surface area contributed by atoms with Crippen molar-refractivity contribution in [2.75, 3.05) is 19.0 Å². The highest BCUT2D eigenvalue weighted by molar-refractivity contribution is 6.33. The molecule has 0 bridgehead atoms. The van der Waals surface area contributed by atoms with Gasteiger partial charge in [-0.25, -0.2) is 0 Å². The first-order valence-corrected chi connectivity index (χ1v) is 8.86. The minimum atomic E-state index is 0.587. The van der Waals surface area contributed by atoms with E-state index in [1.807, 2.05) is 92.6 Å². The Labute approximate surface area is 164 Å². The minimum absolute atomic E-state index is 0.587. The summed E-state index contributed by atoms with van der Waals surface area (Å²) in [4.78, 5) is 2.04. The first-order valence-electron chi connectivity index (χ1n) is 8.48. The Morgan fingerprint density at radius 2 is 1.15 bits per heavy atom. The normalized spacial score (nSPS) is 11.4. The van der Waals surface area contributed by atoms with Crippen LogP contribution in [0.4, 0.5) is 28.4 Å². The van der Waals surface area contributed by atoms with Crippen LogP contribution in [0.3, 0.4) is 0 Å². The van der Waals surface area contributed by atoms with Gasteiger partial charge >= 0.3 is 0 Å². The van der Waals surface area contributed by atoms with E-state index in [9.17, 15) is 0 Å². The van der Waals surface area contributed by atoms with Crippen molar-refractivity contribution in [3.63, 3.8) is 0 Å². The molecule has 0 N–H and O–H groups in total. The molecule has 0 aliphatic rings. The molecule has 3 aromatic rings. The molecule has 0 aromatic heterocycles. The zero-order valence-corrected chi connectivity index (χ0v) is 16.2. The molecule has 0 amide bonds. The summed E-state index contributed by atoms with van der Waals surface area (Å²) in [6, 6.07) is 20.9. The Balaban J connectivity index is 1.67. The third-order valence-electron chi connectivity index (χ3n) is 3.87. The van der Waals surface area contributed by atoms with E-state index >= 15 is 0 Å². The second-order valence-corrected chi connectivity index (χ2v) is 6.69. The van der Waals surface area contributed by atoms with E-state index in [2.05, 4.69) is 20.5 Å². The molecule has 5 nitrogen and oxygen atoms in total.